The zero-order chi connectivity index (χ0) is 22.4. The Morgan fingerprint density at radius 3 is 2.32 bits per heavy atom. The van der Waals surface area contributed by atoms with Crippen LogP contribution in [-0.2, 0) is 9.47 Å². The van der Waals surface area contributed by atoms with Gasteiger partial charge in [0, 0.05) is 37.3 Å². The van der Waals surface area contributed by atoms with Gasteiger partial charge in [0.2, 0.25) is 0 Å². The first-order chi connectivity index (χ1) is 14.9. The first kappa shape index (κ1) is 22.1. The molecule has 0 radical (unpaired) electrons. The van der Waals surface area contributed by atoms with E-state index in [1.54, 1.807) is 18.2 Å². The van der Waals surface area contributed by atoms with E-state index in [4.69, 9.17) is 24.1 Å². The predicted molar refractivity (Wildman–Crippen MR) is 109 cm³/mol. The second-order valence-electron chi connectivity index (χ2n) is 6.83. The lowest BCUT2D eigenvalue weighted by Gasteiger charge is -2.21. The monoisotopic (exact) mass is 429 g/mol. The van der Waals surface area contributed by atoms with Gasteiger partial charge in [0.1, 0.15) is 11.5 Å². The summed E-state index contributed by atoms with van der Waals surface area (Å²) in [4.78, 5) is 37.5. The molecule has 0 aliphatic carbocycles. The number of nitrogens with zero attached hydrogens (tertiary/aromatic N) is 1. The molecule has 0 spiro atoms. The van der Waals surface area contributed by atoms with Crippen molar-refractivity contribution in [1.82, 2.24) is 4.90 Å². The van der Waals surface area contributed by atoms with Gasteiger partial charge in [-0.05, 0) is 30.7 Å². The average Bonchev–Trinajstić information content (AvgIpc) is 3.25. The molecule has 1 aliphatic rings. The van der Waals surface area contributed by atoms with E-state index in [9.17, 15) is 14.4 Å². The molecule has 3 rings (SSSR count). The van der Waals surface area contributed by atoms with Crippen LogP contribution in [0.3, 0.4) is 0 Å². The van der Waals surface area contributed by atoms with Gasteiger partial charge in [-0.1, -0.05) is 12.1 Å². The standard InChI is InChI=1S/C22H23NO8/c1-28-13-30-18-11-16(10-17(12-18)29-2)20(24)14-5-7-15(8-6-14)21(25)31-19-4-3-9-23(19)22(26)27/h5-8,10-12,19H,3-4,9,13H2,1-2H3,(H,26,27). The molecule has 1 heterocycles. The van der Waals surface area contributed by atoms with Crippen LogP contribution in [-0.4, -0.2) is 61.6 Å². The first-order valence-corrected chi connectivity index (χ1v) is 9.59. The van der Waals surface area contributed by atoms with Gasteiger partial charge in [-0.2, -0.15) is 0 Å². The van der Waals surface area contributed by atoms with Crippen LogP contribution in [0.2, 0.25) is 0 Å². The third kappa shape index (κ3) is 5.32. The van der Waals surface area contributed by atoms with E-state index in [1.165, 1.54) is 38.5 Å². The molecule has 0 saturated carbocycles. The second kappa shape index (κ2) is 9.94. The van der Waals surface area contributed by atoms with Crippen LogP contribution >= 0.6 is 0 Å². The highest BCUT2D eigenvalue weighted by Gasteiger charge is 2.31. The van der Waals surface area contributed by atoms with Crippen LogP contribution in [0.5, 0.6) is 11.5 Å². The maximum atomic E-state index is 12.9. The second-order valence-corrected chi connectivity index (χ2v) is 6.83. The number of benzene rings is 2. The molecule has 0 bridgehead atoms. The fourth-order valence-corrected chi connectivity index (χ4v) is 3.22. The number of carboxylic acid groups (broad SMARTS) is 1. The fourth-order valence-electron chi connectivity index (χ4n) is 3.22. The summed E-state index contributed by atoms with van der Waals surface area (Å²) in [6, 6.07) is 10.8. The van der Waals surface area contributed by atoms with E-state index in [2.05, 4.69) is 0 Å². The number of hydrogen-bond donors (Lipinski definition) is 1. The molecule has 164 valence electrons. The smallest absolute Gasteiger partial charge is 0.410 e. The Morgan fingerprint density at radius 1 is 1.00 bits per heavy atom. The minimum absolute atomic E-state index is 0.0257. The molecule has 1 saturated heterocycles. The highest BCUT2D eigenvalue weighted by atomic mass is 16.7. The number of likely N-dealkylation sites (tertiary alicyclic amines) is 1. The molecule has 31 heavy (non-hydrogen) atoms. The normalized spacial score (nSPS) is 15.4. The number of esters is 1. The summed E-state index contributed by atoms with van der Waals surface area (Å²) in [6.07, 6.45) is -0.830. The molecule has 2 aromatic carbocycles. The molecular weight excluding hydrogens is 406 g/mol. The number of ketones is 1. The topological polar surface area (TPSA) is 112 Å². The summed E-state index contributed by atoms with van der Waals surface area (Å²) in [5.74, 6) is -0.0521. The first-order valence-electron chi connectivity index (χ1n) is 9.59. The van der Waals surface area contributed by atoms with Gasteiger partial charge in [-0.15, -0.1) is 0 Å². The Bertz CT molecular complexity index is 956. The summed E-state index contributed by atoms with van der Waals surface area (Å²) in [6.45, 7) is 0.356. The molecule has 1 aliphatic heterocycles. The molecule has 0 aromatic heterocycles. The van der Waals surface area contributed by atoms with E-state index in [0.717, 1.165) is 4.90 Å². The summed E-state index contributed by atoms with van der Waals surface area (Å²) < 4.78 is 20.8. The summed E-state index contributed by atoms with van der Waals surface area (Å²) in [5, 5.41) is 9.15. The van der Waals surface area contributed by atoms with E-state index in [0.29, 0.717) is 42.0 Å². The molecule has 1 unspecified atom stereocenters. The number of hydrogen-bond acceptors (Lipinski definition) is 7. The van der Waals surface area contributed by atoms with Gasteiger partial charge < -0.3 is 24.1 Å². The zero-order valence-corrected chi connectivity index (χ0v) is 17.2. The maximum absolute atomic E-state index is 12.9. The number of carbonyl (C=O) groups excluding carboxylic acids is 2. The number of carbonyl (C=O) groups is 3. The third-order valence-corrected chi connectivity index (χ3v) is 4.79. The van der Waals surface area contributed by atoms with Gasteiger partial charge in [-0.25, -0.2) is 9.59 Å². The van der Waals surface area contributed by atoms with E-state index in [1.807, 2.05) is 0 Å². The number of amides is 1. The van der Waals surface area contributed by atoms with Crippen molar-refractivity contribution in [2.75, 3.05) is 27.6 Å². The van der Waals surface area contributed by atoms with Crippen molar-refractivity contribution in [2.45, 2.75) is 19.1 Å². The van der Waals surface area contributed by atoms with Gasteiger partial charge in [0.15, 0.2) is 18.8 Å². The predicted octanol–water partition coefficient (Wildman–Crippen LogP) is 3.17. The molecule has 1 N–H and O–H groups in total. The van der Waals surface area contributed by atoms with Crippen molar-refractivity contribution in [2.24, 2.45) is 0 Å². The molecule has 1 amide bonds. The van der Waals surface area contributed by atoms with Crippen molar-refractivity contribution in [1.29, 1.82) is 0 Å². The Labute approximate surface area is 179 Å². The van der Waals surface area contributed by atoms with Crippen LogP contribution < -0.4 is 9.47 Å². The SMILES string of the molecule is COCOc1cc(OC)cc(C(=O)c2ccc(C(=O)OC3CCCN3C(=O)O)cc2)c1. The van der Waals surface area contributed by atoms with Gasteiger partial charge in [0.05, 0.1) is 12.7 Å². The Kier molecular flexibility index (Phi) is 7.09. The Balaban J connectivity index is 1.73. The Hall–Kier alpha value is -3.59. The number of rotatable bonds is 8. The molecule has 2 aromatic rings. The highest BCUT2D eigenvalue weighted by molar-refractivity contribution is 6.09. The third-order valence-electron chi connectivity index (χ3n) is 4.79. The quantitative estimate of drug-likeness (QED) is 0.387. The Morgan fingerprint density at radius 2 is 1.68 bits per heavy atom. The zero-order valence-electron chi connectivity index (χ0n) is 17.2. The van der Waals surface area contributed by atoms with Crippen molar-refractivity contribution < 1.29 is 38.4 Å². The van der Waals surface area contributed by atoms with Gasteiger partial charge in [0.25, 0.3) is 0 Å². The van der Waals surface area contributed by atoms with E-state index in [-0.39, 0.29) is 18.1 Å². The molecule has 1 atom stereocenters. The summed E-state index contributed by atoms with van der Waals surface area (Å²) in [5.41, 5.74) is 0.933. The lowest BCUT2D eigenvalue weighted by Crippen LogP contribution is -2.37. The molecule has 9 nitrogen and oxygen atoms in total. The molecule has 1 fully saturated rings. The van der Waals surface area contributed by atoms with Crippen LogP contribution in [0.15, 0.2) is 42.5 Å². The van der Waals surface area contributed by atoms with Crippen molar-refractivity contribution in [3.63, 3.8) is 0 Å². The summed E-state index contributed by atoms with van der Waals surface area (Å²) >= 11 is 0. The van der Waals surface area contributed by atoms with Crippen LogP contribution in [0.4, 0.5) is 4.79 Å². The van der Waals surface area contributed by atoms with Gasteiger partial charge >= 0.3 is 12.1 Å². The fraction of sp³-hybridized carbons (Fsp3) is 0.318. The lowest BCUT2D eigenvalue weighted by atomic mass is 10.0. The van der Waals surface area contributed by atoms with Crippen LogP contribution in [0.1, 0.15) is 39.1 Å². The van der Waals surface area contributed by atoms with Gasteiger partial charge in [-0.3, -0.25) is 9.69 Å². The largest absolute Gasteiger partial charge is 0.497 e. The number of ether oxygens (including phenoxy) is 4. The minimum atomic E-state index is -1.12. The average molecular weight is 429 g/mol. The van der Waals surface area contributed by atoms with Crippen molar-refractivity contribution >= 4 is 17.8 Å². The molecule has 9 heteroatoms. The van der Waals surface area contributed by atoms with Crippen molar-refractivity contribution in [3.05, 3.63) is 59.2 Å². The van der Waals surface area contributed by atoms with Crippen LogP contribution in [0.25, 0.3) is 0 Å². The number of methoxy groups -OCH3 is 2. The lowest BCUT2D eigenvalue weighted by molar-refractivity contribution is -0.00816. The van der Waals surface area contributed by atoms with Crippen LogP contribution in [0, 0.1) is 0 Å². The highest BCUT2D eigenvalue weighted by Crippen LogP contribution is 2.25. The minimum Gasteiger partial charge on any atom is -0.497 e. The maximum Gasteiger partial charge on any atom is 0.410 e. The van der Waals surface area contributed by atoms with Crippen molar-refractivity contribution in [3.8, 4) is 11.5 Å². The summed E-state index contributed by atoms with van der Waals surface area (Å²) in [7, 11) is 2.98. The van der Waals surface area contributed by atoms with E-state index < -0.39 is 18.3 Å². The van der Waals surface area contributed by atoms with E-state index >= 15 is 0 Å². The molecular formula is C22H23NO8.